The zero-order valence-electron chi connectivity index (χ0n) is 23.8. The van der Waals surface area contributed by atoms with Crippen LogP contribution in [-0.2, 0) is 12.3 Å². The number of ether oxygens (including phenoxy) is 2. The summed E-state index contributed by atoms with van der Waals surface area (Å²) in [7, 11) is 0. The summed E-state index contributed by atoms with van der Waals surface area (Å²) in [6.45, 7) is 2.50. The van der Waals surface area contributed by atoms with Gasteiger partial charge in [0, 0.05) is 11.1 Å². The number of halogens is 8. The second-order valence-corrected chi connectivity index (χ2v) is 9.80. The molecule has 0 aliphatic rings. The molecule has 4 aromatic carbocycles. The normalized spacial score (nSPS) is 11.8. The number of hydrogen-bond donors (Lipinski definition) is 0. The molecule has 0 atom stereocenters. The predicted octanol–water partition coefficient (Wildman–Crippen LogP) is 10.3. The molecule has 0 amide bonds. The van der Waals surface area contributed by atoms with E-state index >= 15 is 0 Å². The fraction of sp³-hybridized carbons (Fsp3) is 0.235. The van der Waals surface area contributed by atoms with Gasteiger partial charge in [-0.3, -0.25) is 0 Å². The zero-order chi connectivity index (χ0) is 32.0. The van der Waals surface area contributed by atoms with E-state index in [-0.39, 0.29) is 28.9 Å². The minimum atomic E-state index is -3.89. The Labute approximate surface area is 249 Å². The highest BCUT2D eigenvalue weighted by atomic mass is 19.3. The maximum absolute atomic E-state index is 15.0. The highest BCUT2D eigenvalue weighted by Crippen LogP contribution is 2.38. The van der Waals surface area contributed by atoms with E-state index in [0.717, 1.165) is 12.1 Å². The van der Waals surface area contributed by atoms with E-state index in [4.69, 9.17) is 9.47 Å². The number of alkyl halides is 2. The van der Waals surface area contributed by atoms with Crippen LogP contribution in [0.3, 0.4) is 0 Å². The topological polar surface area (TPSA) is 18.5 Å². The van der Waals surface area contributed by atoms with Crippen molar-refractivity contribution in [3.8, 4) is 33.8 Å². The Hall–Kier alpha value is -4.34. The van der Waals surface area contributed by atoms with Crippen molar-refractivity contribution in [2.75, 3.05) is 13.2 Å². The van der Waals surface area contributed by atoms with Crippen LogP contribution in [0.25, 0.3) is 22.3 Å². The Kier molecular flexibility index (Phi) is 10.3. The van der Waals surface area contributed by atoms with Gasteiger partial charge in [-0.05, 0) is 67.6 Å². The molecule has 10 heteroatoms. The molecule has 0 saturated carbocycles. The highest BCUT2D eigenvalue weighted by Gasteiger charge is 2.36. The van der Waals surface area contributed by atoms with Crippen LogP contribution < -0.4 is 9.47 Å². The van der Waals surface area contributed by atoms with Gasteiger partial charge in [-0.25, -0.2) is 26.3 Å². The molecule has 0 aliphatic heterocycles. The lowest BCUT2D eigenvalue weighted by atomic mass is 9.97. The largest absolute Gasteiger partial charge is 0.491 e. The first-order chi connectivity index (χ1) is 21.0. The van der Waals surface area contributed by atoms with Gasteiger partial charge in [0.15, 0.2) is 34.8 Å². The second-order valence-electron chi connectivity index (χ2n) is 9.80. The summed E-state index contributed by atoms with van der Waals surface area (Å²) >= 11 is 0. The molecule has 0 aliphatic carbocycles. The number of hydrogen-bond acceptors (Lipinski definition) is 2. The predicted molar refractivity (Wildman–Crippen MR) is 152 cm³/mol. The number of benzene rings is 4. The van der Waals surface area contributed by atoms with Gasteiger partial charge in [-0.15, -0.1) is 0 Å². The first-order valence-electron chi connectivity index (χ1n) is 13.8. The van der Waals surface area contributed by atoms with Crippen LogP contribution >= 0.6 is 0 Å². The lowest BCUT2D eigenvalue weighted by molar-refractivity contribution is -0.0283. The fourth-order valence-corrected chi connectivity index (χ4v) is 4.61. The molecule has 0 N–H and O–H groups in total. The number of rotatable bonds is 12. The van der Waals surface area contributed by atoms with Gasteiger partial charge < -0.3 is 9.47 Å². The van der Waals surface area contributed by atoms with Crippen molar-refractivity contribution in [2.24, 2.45) is 0 Å². The molecule has 2 nitrogen and oxygen atoms in total. The molecule has 0 spiro atoms. The third-order valence-corrected chi connectivity index (χ3v) is 6.95. The summed E-state index contributed by atoms with van der Waals surface area (Å²) in [5, 5.41) is 0. The molecule has 0 bridgehead atoms. The molecule has 0 radical (unpaired) electrons. The zero-order valence-corrected chi connectivity index (χ0v) is 23.8. The van der Waals surface area contributed by atoms with Crippen LogP contribution in [0.15, 0.2) is 72.8 Å². The molecule has 0 fully saturated rings. The maximum atomic E-state index is 15.0. The SMILES string of the molecule is C/C=C/CCc1ccc(-c2ccc(-c3ccc(OCCC(F)(F)c4ccc(OCC)c(F)c4F)c(F)c3F)cc2)c(F)c1F. The summed E-state index contributed by atoms with van der Waals surface area (Å²) in [6, 6.07) is 12.4. The molecule has 0 aromatic heterocycles. The van der Waals surface area contributed by atoms with Crippen LogP contribution in [0.2, 0.25) is 0 Å². The lowest BCUT2D eigenvalue weighted by Crippen LogP contribution is -2.20. The standard InChI is InChI=1S/C34H28F8O2/c1-3-5-6-7-22-12-13-23(29(36)28(22)35)20-8-10-21(11-9-20)24-14-16-27(32(39)30(24)37)44-19-18-34(41,42)25-15-17-26(43-4-2)33(40)31(25)38/h3,5,8-17H,4,6-7,18-19H2,1-2H3/b5-3+. The van der Waals surface area contributed by atoms with Crippen LogP contribution in [0.5, 0.6) is 11.5 Å². The van der Waals surface area contributed by atoms with Crippen molar-refractivity contribution < 1.29 is 44.6 Å². The average Bonchev–Trinajstić information content (AvgIpc) is 3.00. The van der Waals surface area contributed by atoms with Gasteiger partial charge in [0.1, 0.15) is 0 Å². The van der Waals surface area contributed by atoms with Gasteiger partial charge >= 0.3 is 0 Å². The summed E-state index contributed by atoms with van der Waals surface area (Å²) in [6.07, 6.45) is 3.40. The van der Waals surface area contributed by atoms with E-state index in [1.165, 1.54) is 49.4 Å². The van der Waals surface area contributed by atoms with Crippen molar-refractivity contribution >= 4 is 0 Å². The van der Waals surface area contributed by atoms with E-state index in [1.807, 2.05) is 19.1 Å². The third kappa shape index (κ3) is 6.90. The van der Waals surface area contributed by atoms with Crippen LogP contribution in [-0.4, -0.2) is 13.2 Å². The Morgan fingerprint density at radius 2 is 1.18 bits per heavy atom. The molecule has 232 valence electrons. The third-order valence-electron chi connectivity index (χ3n) is 6.95. The summed E-state index contributed by atoms with van der Waals surface area (Å²) in [5.74, 6) is -13.2. The molecule has 0 unspecified atom stereocenters. The summed E-state index contributed by atoms with van der Waals surface area (Å²) in [5.41, 5.74) is -0.651. The van der Waals surface area contributed by atoms with Crippen LogP contribution in [0.4, 0.5) is 35.1 Å². The van der Waals surface area contributed by atoms with Crippen molar-refractivity contribution in [1.82, 2.24) is 0 Å². The van der Waals surface area contributed by atoms with E-state index in [0.29, 0.717) is 24.5 Å². The Morgan fingerprint density at radius 1 is 0.636 bits per heavy atom. The van der Waals surface area contributed by atoms with Crippen molar-refractivity contribution in [2.45, 2.75) is 39.0 Å². The first kappa shape index (κ1) is 32.6. The molecule has 4 aromatic rings. The van der Waals surface area contributed by atoms with Gasteiger partial charge in [0.25, 0.3) is 5.92 Å². The van der Waals surface area contributed by atoms with Gasteiger partial charge in [0.2, 0.25) is 11.6 Å². The average molecular weight is 621 g/mol. The molecular formula is C34H28F8O2. The van der Waals surface area contributed by atoms with Crippen LogP contribution in [0, 0.1) is 34.9 Å². The lowest BCUT2D eigenvalue weighted by Gasteiger charge is -2.19. The Bertz CT molecular complexity index is 1650. The van der Waals surface area contributed by atoms with E-state index in [9.17, 15) is 35.1 Å². The highest BCUT2D eigenvalue weighted by molar-refractivity contribution is 5.71. The summed E-state index contributed by atoms with van der Waals surface area (Å²) in [4.78, 5) is 0. The van der Waals surface area contributed by atoms with Crippen molar-refractivity contribution in [3.05, 3.63) is 119 Å². The Morgan fingerprint density at radius 3 is 1.80 bits per heavy atom. The Balaban J connectivity index is 1.46. The maximum Gasteiger partial charge on any atom is 0.279 e. The van der Waals surface area contributed by atoms with E-state index in [2.05, 4.69) is 0 Å². The van der Waals surface area contributed by atoms with Crippen molar-refractivity contribution in [3.63, 3.8) is 0 Å². The van der Waals surface area contributed by atoms with Gasteiger partial charge in [-0.2, -0.15) is 8.78 Å². The molecule has 0 heterocycles. The summed E-state index contributed by atoms with van der Waals surface area (Å²) < 4.78 is 127. The minimum Gasteiger partial charge on any atom is -0.491 e. The monoisotopic (exact) mass is 620 g/mol. The molecular weight excluding hydrogens is 592 g/mol. The second kappa shape index (κ2) is 14.0. The molecule has 0 saturated heterocycles. The molecule has 44 heavy (non-hydrogen) atoms. The van der Waals surface area contributed by atoms with Crippen LogP contribution in [0.1, 0.15) is 37.8 Å². The number of aryl methyl sites for hydroxylation is 1. The smallest absolute Gasteiger partial charge is 0.279 e. The minimum absolute atomic E-state index is 0.000487. The van der Waals surface area contributed by atoms with Gasteiger partial charge in [0.05, 0.1) is 25.2 Å². The number of allylic oxidation sites excluding steroid dienone is 2. The molecule has 4 rings (SSSR count). The quantitative estimate of drug-likeness (QED) is 0.116. The fourth-order valence-electron chi connectivity index (χ4n) is 4.61. The first-order valence-corrected chi connectivity index (χ1v) is 13.8. The van der Waals surface area contributed by atoms with Gasteiger partial charge in [-0.1, -0.05) is 48.6 Å². The van der Waals surface area contributed by atoms with E-state index < -0.39 is 70.9 Å². The van der Waals surface area contributed by atoms with Crippen molar-refractivity contribution in [1.29, 1.82) is 0 Å². The van der Waals surface area contributed by atoms with E-state index in [1.54, 1.807) is 0 Å².